The summed E-state index contributed by atoms with van der Waals surface area (Å²) in [6.07, 6.45) is -2.02. The molecule has 0 N–H and O–H groups in total. The topological polar surface area (TPSA) is 54.0 Å². The Bertz CT molecular complexity index is 1250. The van der Waals surface area contributed by atoms with Gasteiger partial charge in [-0.25, -0.2) is 4.79 Å². The molecule has 0 aliphatic carbocycles. The van der Waals surface area contributed by atoms with E-state index in [-0.39, 0.29) is 22.7 Å². The summed E-state index contributed by atoms with van der Waals surface area (Å²) in [4.78, 5) is 13.6. The SMILES string of the molecule is CC(C)(C)[Si](C)(C)OC1C(=O)O[C@H](COC(c2ccccc2)(c2ccccc2)c2ccccc2)C1O[Si](C)(C)C(C)(C)C. The molecular weight excluding hydrogens is 569 g/mol. The maximum atomic E-state index is 13.6. The van der Waals surface area contributed by atoms with Crippen LogP contribution in [0.1, 0.15) is 58.2 Å². The lowest BCUT2D eigenvalue weighted by molar-refractivity contribution is -0.149. The van der Waals surface area contributed by atoms with Crippen molar-refractivity contribution < 1.29 is 23.1 Å². The van der Waals surface area contributed by atoms with Crippen molar-refractivity contribution in [3.05, 3.63) is 108 Å². The zero-order valence-electron chi connectivity index (χ0n) is 27.6. The molecule has 1 aliphatic heterocycles. The fourth-order valence-corrected chi connectivity index (χ4v) is 7.51. The molecule has 0 aromatic heterocycles. The van der Waals surface area contributed by atoms with Gasteiger partial charge in [-0.05, 0) is 53.0 Å². The van der Waals surface area contributed by atoms with Crippen molar-refractivity contribution in [3.63, 3.8) is 0 Å². The summed E-state index contributed by atoms with van der Waals surface area (Å²) in [6.45, 7) is 22.0. The minimum Gasteiger partial charge on any atom is -0.455 e. The molecule has 1 fully saturated rings. The predicted molar refractivity (Wildman–Crippen MR) is 179 cm³/mol. The Kier molecular flexibility index (Phi) is 9.65. The van der Waals surface area contributed by atoms with Crippen LogP contribution in [0, 0.1) is 0 Å². The minimum absolute atomic E-state index is 0.0621. The predicted octanol–water partition coefficient (Wildman–Crippen LogP) is 8.70. The summed E-state index contributed by atoms with van der Waals surface area (Å²) >= 11 is 0. The second kappa shape index (κ2) is 12.4. The fraction of sp³-hybridized carbons (Fsp3) is 0.472. The molecule has 0 bridgehead atoms. The van der Waals surface area contributed by atoms with Gasteiger partial charge >= 0.3 is 5.97 Å². The second-order valence-electron chi connectivity index (χ2n) is 14.7. The highest BCUT2D eigenvalue weighted by atomic mass is 28.4. The van der Waals surface area contributed by atoms with Gasteiger partial charge in [-0.1, -0.05) is 133 Å². The summed E-state index contributed by atoms with van der Waals surface area (Å²) in [6, 6.07) is 30.7. The zero-order valence-corrected chi connectivity index (χ0v) is 29.6. The molecule has 3 aromatic rings. The van der Waals surface area contributed by atoms with E-state index in [0.717, 1.165) is 16.7 Å². The standard InChI is InChI=1S/C36H50O5Si2/c1-34(2,3)42(7,8)40-31-30(39-33(37)32(31)41-43(9,10)35(4,5)6)26-38-36(27-20-14-11-15-21-27,28-22-16-12-17-23-28)29-24-18-13-19-25-29/h11-25,30-32H,26H2,1-10H3/t30-,31?,32?/m1/s1. The first kappa shape index (κ1) is 33.3. The van der Waals surface area contributed by atoms with Crippen LogP contribution in [-0.2, 0) is 28.7 Å². The highest BCUT2D eigenvalue weighted by Crippen LogP contribution is 2.44. The van der Waals surface area contributed by atoms with E-state index in [1.807, 2.05) is 54.6 Å². The van der Waals surface area contributed by atoms with Crippen LogP contribution in [0.5, 0.6) is 0 Å². The maximum absolute atomic E-state index is 13.6. The first-order valence-electron chi connectivity index (χ1n) is 15.4. The maximum Gasteiger partial charge on any atom is 0.337 e. The average molecular weight is 619 g/mol. The summed E-state index contributed by atoms with van der Waals surface area (Å²) < 4.78 is 27.0. The molecule has 43 heavy (non-hydrogen) atoms. The van der Waals surface area contributed by atoms with Crippen molar-refractivity contribution in [1.29, 1.82) is 0 Å². The van der Waals surface area contributed by atoms with E-state index in [1.165, 1.54) is 0 Å². The van der Waals surface area contributed by atoms with Gasteiger partial charge in [-0.2, -0.15) is 0 Å². The molecule has 0 radical (unpaired) electrons. The van der Waals surface area contributed by atoms with Crippen molar-refractivity contribution in [1.82, 2.24) is 0 Å². The summed E-state index contributed by atoms with van der Waals surface area (Å²) in [5.74, 6) is -0.369. The Morgan fingerprint density at radius 2 is 1.00 bits per heavy atom. The van der Waals surface area contributed by atoms with Crippen LogP contribution in [0.15, 0.2) is 91.0 Å². The van der Waals surface area contributed by atoms with E-state index in [2.05, 4.69) is 104 Å². The Balaban J connectivity index is 1.79. The van der Waals surface area contributed by atoms with Gasteiger partial charge in [0.2, 0.25) is 0 Å². The Morgan fingerprint density at radius 1 is 0.628 bits per heavy atom. The monoisotopic (exact) mass is 618 g/mol. The van der Waals surface area contributed by atoms with Crippen LogP contribution in [0.4, 0.5) is 0 Å². The van der Waals surface area contributed by atoms with Crippen LogP contribution in [-0.4, -0.2) is 47.5 Å². The van der Waals surface area contributed by atoms with E-state index in [0.29, 0.717) is 0 Å². The van der Waals surface area contributed by atoms with Gasteiger partial charge in [0.1, 0.15) is 11.7 Å². The molecule has 0 amide bonds. The number of carbonyl (C=O) groups is 1. The van der Waals surface area contributed by atoms with Crippen LogP contribution in [0.2, 0.25) is 36.3 Å². The first-order chi connectivity index (χ1) is 20.0. The molecule has 1 heterocycles. The third kappa shape index (κ3) is 6.91. The Hall–Kier alpha value is -2.56. The van der Waals surface area contributed by atoms with Crippen molar-refractivity contribution in [2.45, 2.75) is 102 Å². The van der Waals surface area contributed by atoms with Gasteiger partial charge in [0.25, 0.3) is 0 Å². The number of benzene rings is 3. The van der Waals surface area contributed by atoms with Gasteiger partial charge in [0, 0.05) is 0 Å². The minimum atomic E-state index is -2.33. The molecule has 1 aliphatic rings. The molecule has 3 aromatic carbocycles. The van der Waals surface area contributed by atoms with E-state index in [9.17, 15) is 4.79 Å². The molecule has 0 saturated carbocycles. The zero-order chi connectivity index (χ0) is 31.7. The smallest absolute Gasteiger partial charge is 0.337 e. The average Bonchev–Trinajstić information content (AvgIpc) is 3.22. The lowest BCUT2D eigenvalue weighted by Crippen LogP contribution is -2.54. The highest BCUT2D eigenvalue weighted by Gasteiger charge is 2.55. The second-order valence-corrected chi connectivity index (χ2v) is 24.2. The number of cyclic esters (lactones) is 1. The Morgan fingerprint density at radius 3 is 1.37 bits per heavy atom. The number of ether oxygens (including phenoxy) is 2. The van der Waals surface area contributed by atoms with Crippen LogP contribution in [0.3, 0.4) is 0 Å². The highest BCUT2D eigenvalue weighted by molar-refractivity contribution is 6.74. The number of rotatable bonds is 10. The molecule has 4 rings (SSSR count). The van der Waals surface area contributed by atoms with E-state index >= 15 is 0 Å². The van der Waals surface area contributed by atoms with E-state index in [1.54, 1.807) is 0 Å². The quantitative estimate of drug-likeness (QED) is 0.129. The molecule has 7 heteroatoms. The van der Waals surface area contributed by atoms with Crippen molar-refractivity contribution in [2.24, 2.45) is 0 Å². The third-order valence-corrected chi connectivity index (χ3v) is 18.6. The van der Waals surface area contributed by atoms with E-state index < -0.39 is 40.5 Å². The third-order valence-electron chi connectivity index (χ3n) is 9.63. The van der Waals surface area contributed by atoms with Crippen molar-refractivity contribution >= 4 is 22.6 Å². The normalized spacial score (nSPS) is 20.2. The number of hydrogen-bond acceptors (Lipinski definition) is 5. The van der Waals surface area contributed by atoms with Crippen LogP contribution < -0.4 is 0 Å². The van der Waals surface area contributed by atoms with Gasteiger partial charge in [0.15, 0.2) is 28.8 Å². The summed E-state index contributed by atoms with van der Waals surface area (Å²) in [5.41, 5.74) is 2.05. The Labute approximate surface area is 261 Å². The lowest BCUT2D eigenvalue weighted by atomic mass is 9.80. The molecule has 0 spiro atoms. The lowest BCUT2D eigenvalue weighted by Gasteiger charge is -2.43. The number of esters is 1. The molecule has 232 valence electrons. The summed E-state index contributed by atoms with van der Waals surface area (Å²) in [7, 11) is -4.65. The van der Waals surface area contributed by atoms with E-state index in [4.69, 9.17) is 18.3 Å². The largest absolute Gasteiger partial charge is 0.455 e. The van der Waals surface area contributed by atoms with Crippen molar-refractivity contribution in [3.8, 4) is 0 Å². The molecule has 1 saturated heterocycles. The fourth-order valence-electron chi connectivity index (χ4n) is 4.98. The van der Waals surface area contributed by atoms with Crippen molar-refractivity contribution in [2.75, 3.05) is 6.61 Å². The number of carbonyl (C=O) groups excluding carboxylic acids is 1. The van der Waals surface area contributed by atoms with Gasteiger partial charge in [0.05, 0.1) is 6.61 Å². The van der Waals surface area contributed by atoms with Crippen LogP contribution >= 0.6 is 0 Å². The molecule has 3 atom stereocenters. The molecular formula is C36H50O5Si2. The molecule has 2 unspecified atom stereocenters. The van der Waals surface area contributed by atoms with Gasteiger partial charge in [-0.3, -0.25) is 0 Å². The first-order valence-corrected chi connectivity index (χ1v) is 21.2. The number of hydrogen-bond donors (Lipinski definition) is 0. The van der Waals surface area contributed by atoms with Gasteiger partial charge in [-0.15, -0.1) is 0 Å². The van der Waals surface area contributed by atoms with Gasteiger partial charge < -0.3 is 18.3 Å². The summed E-state index contributed by atoms with van der Waals surface area (Å²) in [5, 5.41) is -0.139. The van der Waals surface area contributed by atoms with Crippen LogP contribution in [0.25, 0.3) is 0 Å². The molecule has 5 nitrogen and oxygen atoms in total.